The quantitative estimate of drug-likeness (QED) is 0.117. The molecule has 2 rings (SSSR count). The maximum atomic E-state index is 13.0. The van der Waals surface area contributed by atoms with E-state index in [1.807, 2.05) is 38.1 Å². The van der Waals surface area contributed by atoms with Gasteiger partial charge >= 0.3 is 11.9 Å². The van der Waals surface area contributed by atoms with Gasteiger partial charge in [-0.1, -0.05) is 38.8 Å². The van der Waals surface area contributed by atoms with Crippen LogP contribution in [0.1, 0.15) is 64.5 Å². The average molecular weight is 706 g/mol. The zero-order valence-electron chi connectivity index (χ0n) is 21.1. The van der Waals surface area contributed by atoms with Gasteiger partial charge in [-0.05, 0) is 120 Å². The molecule has 0 heterocycles. The zero-order valence-corrected chi connectivity index (χ0v) is 25.4. The molecule has 0 fully saturated rings. The van der Waals surface area contributed by atoms with Crippen molar-refractivity contribution in [1.29, 1.82) is 0 Å². The molecule has 0 aliphatic carbocycles. The second-order valence-electron chi connectivity index (χ2n) is 8.52. The molecule has 0 radical (unpaired) electrons. The van der Waals surface area contributed by atoms with Crippen molar-refractivity contribution < 1.29 is 23.8 Å². The molecule has 0 N–H and O–H groups in total. The SMILES string of the molecule is CCC[C@@H](Cc1ccc(OC(=O)[C@@H](CCC)Cc2cc(I)c(OCC)c(I)c2)cc1)C(=O)OCC. The molecule has 5 nitrogen and oxygen atoms in total. The van der Waals surface area contributed by atoms with Gasteiger partial charge in [0.2, 0.25) is 0 Å². The molecule has 0 unspecified atom stereocenters. The van der Waals surface area contributed by atoms with Gasteiger partial charge < -0.3 is 14.2 Å². The standard InChI is InChI=1S/C28H36I2O5/c1-5-9-21(27(31)34-8-4)15-19-11-13-23(14-12-19)35-28(32)22(10-6-2)16-20-17-24(29)26(33-7-3)25(30)18-20/h11-14,17-18,21-22H,5-10,15-16H2,1-4H3/t21-,22-/m0/s1. The predicted octanol–water partition coefficient (Wildman–Crippen LogP) is 7.38. The van der Waals surface area contributed by atoms with Crippen LogP contribution in [0.4, 0.5) is 0 Å². The lowest BCUT2D eigenvalue weighted by Crippen LogP contribution is -2.23. The summed E-state index contributed by atoms with van der Waals surface area (Å²) in [5.41, 5.74) is 2.13. The van der Waals surface area contributed by atoms with Gasteiger partial charge in [0.25, 0.3) is 0 Å². The van der Waals surface area contributed by atoms with E-state index in [4.69, 9.17) is 14.2 Å². The van der Waals surface area contributed by atoms with E-state index in [9.17, 15) is 9.59 Å². The Bertz CT molecular complexity index is 935. The highest BCUT2D eigenvalue weighted by molar-refractivity contribution is 14.1. The van der Waals surface area contributed by atoms with Gasteiger partial charge in [-0.15, -0.1) is 0 Å². The molecule has 0 bridgehead atoms. The normalized spacial score (nSPS) is 12.6. The molecule has 0 saturated heterocycles. The van der Waals surface area contributed by atoms with Gasteiger partial charge in [0, 0.05) is 0 Å². The number of hydrogen-bond donors (Lipinski definition) is 0. The summed E-state index contributed by atoms with van der Waals surface area (Å²) in [6.45, 7) is 8.96. The predicted molar refractivity (Wildman–Crippen MR) is 156 cm³/mol. The lowest BCUT2D eigenvalue weighted by Gasteiger charge is -2.17. The molecule has 192 valence electrons. The van der Waals surface area contributed by atoms with Gasteiger partial charge in [0.05, 0.1) is 32.2 Å². The topological polar surface area (TPSA) is 61.8 Å². The van der Waals surface area contributed by atoms with Crippen molar-refractivity contribution in [1.82, 2.24) is 0 Å². The molecule has 0 aliphatic heterocycles. The van der Waals surface area contributed by atoms with E-state index in [1.165, 1.54) is 0 Å². The summed E-state index contributed by atoms with van der Waals surface area (Å²) in [6.07, 6.45) is 4.62. The van der Waals surface area contributed by atoms with E-state index >= 15 is 0 Å². The minimum Gasteiger partial charge on any atom is -0.492 e. The number of carbonyl (C=O) groups is 2. The van der Waals surface area contributed by atoms with Crippen LogP contribution in [-0.4, -0.2) is 25.2 Å². The highest BCUT2D eigenvalue weighted by Crippen LogP contribution is 2.31. The fourth-order valence-corrected chi connectivity index (χ4v) is 6.25. The van der Waals surface area contributed by atoms with Gasteiger partial charge in [-0.3, -0.25) is 9.59 Å². The molecule has 2 aromatic rings. The lowest BCUT2D eigenvalue weighted by molar-refractivity contribution is -0.148. The van der Waals surface area contributed by atoms with Crippen molar-refractivity contribution in [3.05, 3.63) is 54.7 Å². The first-order valence-electron chi connectivity index (χ1n) is 12.4. The summed E-state index contributed by atoms with van der Waals surface area (Å²) in [4.78, 5) is 25.3. The Labute approximate surface area is 237 Å². The third-order valence-corrected chi connectivity index (χ3v) is 7.28. The van der Waals surface area contributed by atoms with Crippen molar-refractivity contribution in [3.8, 4) is 11.5 Å². The smallest absolute Gasteiger partial charge is 0.314 e. The second-order valence-corrected chi connectivity index (χ2v) is 10.8. The van der Waals surface area contributed by atoms with Crippen LogP contribution < -0.4 is 9.47 Å². The minimum atomic E-state index is -0.220. The highest BCUT2D eigenvalue weighted by Gasteiger charge is 2.23. The summed E-state index contributed by atoms with van der Waals surface area (Å²) in [6, 6.07) is 11.7. The fourth-order valence-electron chi connectivity index (χ4n) is 4.04. The number of halogens is 2. The number of hydrogen-bond acceptors (Lipinski definition) is 5. The first-order chi connectivity index (χ1) is 16.8. The first-order valence-corrected chi connectivity index (χ1v) is 14.6. The first kappa shape index (κ1) is 29.9. The summed E-state index contributed by atoms with van der Waals surface area (Å²) in [7, 11) is 0. The molecule has 2 atom stereocenters. The Hall–Kier alpha value is -1.36. The molecule has 0 saturated carbocycles. The third kappa shape index (κ3) is 9.55. The maximum absolute atomic E-state index is 13.0. The van der Waals surface area contributed by atoms with E-state index < -0.39 is 0 Å². The zero-order chi connectivity index (χ0) is 25.8. The maximum Gasteiger partial charge on any atom is 0.314 e. The van der Waals surface area contributed by atoms with Crippen molar-refractivity contribution in [3.63, 3.8) is 0 Å². The van der Waals surface area contributed by atoms with Gasteiger partial charge in [-0.25, -0.2) is 0 Å². The van der Waals surface area contributed by atoms with Crippen LogP contribution in [-0.2, 0) is 27.2 Å². The van der Waals surface area contributed by atoms with Crippen molar-refractivity contribution in [2.24, 2.45) is 11.8 Å². The van der Waals surface area contributed by atoms with Gasteiger partial charge in [0.15, 0.2) is 0 Å². The summed E-state index contributed by atoms with van der Waals surface area (Å²) >= 11 is 4.58. The Balaban J connectivity index is 2.06. The van der Waals surface area contributed by atoms with E-state index in [0.29, 0.717) is 31.8 Å². The summed E-state index contributed by atoms with van der Waals surface area (Å²) < 4.78 is 18.8. The molecule has 0 aliphatic rings. The van der Waals surface area contributed by atoms with Crippen molar-refractivity contribution in [2.45, 2.75) is 66.2 Å². The van der Waals surface area contributed by atoms with Crippen LogP contribution >= 0.6 is 45.2 Å². The van der Waals surface area contributed by atoms with E-state index in [0.717, 1.165) is 49.7 Å². The third-order valence-electron chi connectivity index (χ3n) is 5.68. The fraction of sp³-hybridized carbons (Fsp3) is 0.500. The molecule has 7 heteroatoms. The molecule has 0 amide bonds. The van der Waals surface area contributed by atoms with Crippen LogP contribution in [0.2, 0.25) is 0 Å². The average Bonchev–Trinajstić information content (AvgIpc) is 2.82. The van der Waals surface area contributed by atoms with Crippen molar-refractivity contribution in [2.75, 3.05) is 13.2 Å². The van der Waals surface area contributed by atoms with Crippen molar-refractivity contribution >= 4 is 57.1 Å². The number of rotatable bonds is 14. The van der Waals surface area contributed by atoms with Gasteiger partial charge in [-0.2, -0.15) is 0 Å². The molecule has 0 aromatic heterocycles. The molecule has 35 heavy (non-hydrogen) atoms. The largest absolute Gasteiger partial charge is 0.492 e. The van der Waals surface area contributed by atoms with E-state index in [-0.39, 0.29) is 23.8 Å². The van der Waals surface area contributed by atoms with Gasteiger partial charge in [0.1, 0.15) is 11.5 Å². The summed E-state index contributed by atoms with van der Waals surface area (Å²) in [5, 5.41) is 0. The van der Waals surface area contributed by atoms with Crippen LogP contribution in [0.3, 0.4) is 0 Å². The Morgan fingerprint density at radius 2 is 1.31 bits per heavy atom. The highest BCUT2D eigenvalue weighted by atomic mass is 127. The number of esters is 2. The van der Waals surface area contributed by atoms with Crippen LogP contribution in [0.25, 0.3) is 0 Å². The van der Waals surface area contributed by atoms with Crippen LogP contribution in [0, 0.1) is 19.0 Å². The minimum absolute atomic E-state index is 0.147. The number of benzene rings is 2. The molecular weight excluding hydrogens is 670 g/mol. The Morgan fingerprint density at radius 1 is 0.771 bits per heavy atom. The molecule has 2 aromatic carbocycles. The van der Waals surface area contributed by atoms with E-state index in [2.05, 4.69) is 71.2 Å². The van der Waals surface area contributed by atoms with E-state index in [1.54, 1.807) is 0 Å². The Morgan fingerprint density at radius 3 is 1.83 bits per heavy atom. The molecule has 0 spiro atoms. The monoisotopic (exact) mass is 706 g/mol. The van der Waals surface area contributed by atoms with Crippen LogP contribution in [0.15, 0.2) is 36.4 Å². The number of ether oxygens (including phenoxy) is 3. The molecular formula is C28H36I2O5. The number of carbonyl (C=O) groups excluding carboxylic acids is 2. The Kier molecular flexibility index (Phi) is 13.4. The second kappa shape index (κ2) is 15.7. The van der Waals surface area contributed by atoms with Crippen LogP contribution in [0.5, 0.6) is 11.5 Å². The lowest BCUT2D eigenvalue weighted by atomic mass is 9.94. The summed E-state index contributed by atoms with van der Waals surface area (Å²) in [5.74, 6) is 0.693.